The summed E-state index contributed by atoms with van der Waals surface area (Å²) in [5.41, 5.74) is 6.64. The highest BCUT2D eigenvalue weighted by molar-refractivity contribution is 7.16. The second-order valence-electron chi connectivity index (χ2n) is 4.97. The Balaban J connectivity index is 2.09. The Bertz CT molecular complexity index is 790. The van der Waals surface area contributed by atoms with E-state index in [9.17, 15) is 9.59 Å². The van der Waals surface area contributed by atoms with Crippen molar-refractivity contribution in [3.8, 4) is 5.75 Å². The Hall–Kier alpha value is -1.76. The van der Waals surface area contributed by atoms with Gasteiger partial charge in [0, 0.05) is 9.90 Å². The SMILES string of the molecule is CCc1c(C)sc(NC(=O)COc2ccc(Cl)cc2Cl)c1C(N)=O. The van der Waals surface area contributed by atoms with Crippen molar-refractivity contribution in [1.82, 2.24) is 0 Å². The minimum absolute atomic E-state index is 0.252. The van der Waals surface area contributed by atoms with E-state index in [1.54, 1.807) is 12.1 Å². The summed E-state index contributed by atoms with van der Waals surface area (Å²) in [6, 6.07) is 4.72. The van der Waals surface area contributed by atoms with Gasteiger partial charge in [0.1, 0.15) is 10.8 Å². The zero-order chi connectivity index (χ0) is 17.9. The molecule has 0 aliphatic heterocycles. The van der Waals surface area contributed by atoms with Gasteiger partial charge in [-0.1, -0.05) is 30.1 Å². The van der Waals surface area contributed by atoms with Crippen LogP contribution < -0.4 is 15.8 Å². The second kappa shape index (κ2) is 7.88. The molecule has 0 saturated heterocycles. The number of ether oxygens (including phenoxy) is 1. The number of carbonyl (C=O) groups is 2. The van der Waals surface area contributed by atoms with Crippen LogP contribution in [0.4, 0.5) is 5.00 Å². The Morgan fingerprint density at radius 1 is 1.33 bits per heavy atom. The van der Waals surface area contributed by atoms with E-state index in [-0.39, 0.29) is 6.61 Å². The molecule has 3 N–H and O–H groups in total. The Morgan fingerprint density at radius 2 is 2.04 bits per heavy atom. The topological polar surface area (TPSA) is 81.4 Å². The first kappa shape index (κ1) is 18.6. The maximum absolute atomic E-state index is 12.1. The molecule has 128 valence electrons. The zero-order valence-corrected chi connectivity index (χ0v) is 15.4. The smallest absolute Gasteiger partial charge is 0.262 e. The summed E-state index contributed by atoms with van der Waals surface area (Å²) in [7, 11) is 0. The Morgan fingerprint density at radius 3 is 2.62 bits per heavy atom. The van der Waals surface area contributed by atoms with Crippen molar-refractivity contribution < 1.29 is 14.3 Å². The van der Waals surface area contributed by atoms with Gasteiger partial charge in [-0.15, -0.1) is 11.3 Å². The summed E-state index contributed by atoms with van der Waals surface area (Å²) in [5.74, 6) is -0.622. The molecule has 1 aromatic carbocycles. The third-order valence-corrected chi connectivity index (χ3v) is 4.91. The van der Waals surface area contributed by atoms with Crippen LogP contribution in [-0.2, 0) is 11.2 Å². The van der Waals surface area contributed by atoms with Crippen molar-refractivity contribution in [2.75, 3.05) is 11.9 Å². The number of halogens is 2. The van der Waals surface area contributed by atoms with Crippen molar-refractivity contribution in [1.29, 1.82) is 0 Å². The number of anilines is 1. The molecule has 0 radical (unpaired) electrons. The molecule has 0 spiro atoms. The fourth-order valence-electron chi connectivity index (χ4n) is 2.25. The normalized spacial score (nSPS) is 10.5. The number of nitrogens with one attached hydrogen (secondary N) is 1. The second-order valence-corrected chi connectivity index (χ2v) is 7.04. The van der Waals surface area contributed by atoms with Gasteiger partial charge < -0.3 is 15.8 Å². The molecular weight excluding hydrogens is 371 g/mol. The van der Waals surface area contributed by atoms with Gasteiger partial charge in [0.2, 0.25) is 0 Å². The highest BCUT2D eigenvalue weighted by Crippen LogP contribution is 2.33. The van der Waals surface area contributed by atoms with Crippen molar-refractivity contribution in [3.63, 3.8) is 0 Å². The highest BCUT2D eigenvalue weighted by Gasteiger charge is 2.20. The number of nitrogens with two attached hydrogens (primary N) is 1. The highest BCUT2D eigenvalue weighted by atomic mass is 35.5. The van der Waals surface area contributed by atoms with E-state index in [0.29, 0.717) is 32.8 Å². The van der Waals surface area contributed by atoms with Gasteiger partial charge in [0.05, 0.1) is 10.6 Å². The lowest BCUT2D eigenvalue weighted by molar-refractivity contribution is -0.118. The Kier molecular flexibility index (Phi) is 6.10. The first-order valence-corrected chi connectivity index (χ1v) is 8.70. The van der Waals surface area contributed by atoms with Gasteiger partial charge >= 0.3 is 0 Å². The van der Waals surface area contributed by atoms with E-state index in [2.05, 4.69) is 5.32 Å². The van der Waals surface area contributed by atoms with Crippen molar-refractivity contribution in [3.05, 3.63) is 44.2 Å². The predicted octanol–water partition coefficient (Wildman–Crippen LogP) is 4.04. The largest absolute Gasteiger partial charge is 0.482 e. The molecule has 2 rings (SSSR count). The first-order chi connectivity index (χ1) is 11.3. The number of primary amides is 1. The molecule has 1 heterocycles. The summed E-state index contributed by atoms with van der Waals surface area (Å²) in [6.45, 7) is 3.56. The summed E-state index contributed by atoms with van der Waals surface area (Å²) >= 11 is 13.1. The van der Waals surface area contributed by atoms with Gasteiger partial charge in [-0.3, -0.25) is 9.59 Å². The van der Waals surface area contributed by atoms with Crippen molar-refractivity contribution >= 4 is 51.4 Å². The lowest BCUT2D eigenvalue weighted by Crippen LogP contribution is -2.22. The molecule has 2 amide bonds. The molecule has 5 nitrogen and oxygen atoms in total. The van der Waals surface area contributed by atoms with E-state index in [0.717, 1.165) is 10.4 Å². The van der Waals surface area contributed by atoms with Crippen LogP contribution in [0.2, 0.25) is 10.0 Å². The van der Waals surface area contributed by atoms with Crippen LogP contribution in [0.3, 0.4) is 0 Å². The van der Waals surface area contributed by atoms with E-state index in [4.69, 9.17) is 33.7 Å². The molecule has 0 unspecified atom stereocenters. The van der Waals surface area contributed by atoms with Crippen LogP contribution in [0.15, 0.2) is 18.2 Å². The third kappa shape index (κ3) is 4.20. The van der Waals surface area contributed by atoms with Crippen molar-refractivity contribution in [2.24, 2.45) is 5.73 Å². The predicted molar refractivity (Wildman–Crippen MR) is 97.5 cm³/mol. The average Bonchev–Trinajstić information content (AvgIpc) is 2.81. The minimum atomic E-state index is -0.562. The number of aryl methyl sites for hydroxylation is 1. The van der Waals surface area contributed by atoms with Crippen LogP contribution in [0.25, 0.3) is 0 Å². The molecular formula is C16H16Cl2N2O3S. The van der Waals surface area contributed by atoms with Crippen LogP contribution >= 0.6 is 34.5 Å². The number of thiophene rings is 1. The van der Waals surface area contributed by atoms with Gasteiger partial charge in [-0.25, -0.2) is 0 Å². The summed E-state index contributed by atoms with van der Waals surface area (Å²) in [6.07, 6.45) is 0.660. The molecule has 24 heavy (non-hydrogen) atoms. The molecule has 0 bridgehead atoms. The lowest BCUT2D eigenvalue weighted by atomic mass is 10.1. The number of hydrogen-bond donors (Lipinski definition) is 2. The maximum atomic E-state index is 12.1. The quantitative estimate of drug-likeness (QED) is 0.785. The summed E-state index contributed by atoms with van der Waals surface area (Å²) in [4.78, 5) is 24.7. The van der Waals surface area contributed by atoms with Gasteiger partial charge in [0.25, 0.3) is 11.8 Å². The average molecular weight is 387 g/mol. The summed E-state index contributed by atoms with van der Waals surface area (Å²) < 4.78 is 5.38. The number of amides is 2. The van der Waals surface area contributed by atoms with Gasteiger partial charge in [0.15, 0.2) is 6.61 Å². The fourth-order valence-corrected chi connectivity index (χ4v) is 3.88. The lowest BCUT2D eigenvalue weighted by Gasteiger charge is -2.09. The van der Waals surface area contributed by atoms with Crippen LogP contribution in [0.5, 0.6) is 5.75 Å². The van der Waals surface area contributed by atoms with Crippen LogP contribution in [-0.4, -0.2) is 18.4 Å². The van der Waals surface area contributed by atoms with Gasteiger partial charge in [-0.2, -0.15) is 0 Å². The number of carbonyl (C=O) groups excluding carboxylic acids is 2. The van der Waals surface area contributed by atoms with Crippen LogP contribution in [0.1, 0.15) is 27.7 Å². The minimum Gasteiger partial charge on any atom is -0.482 e. The number of rotatable bonds is 6. The van der Waals surface area contributed by atoms with Crippen molar-refractivity contribution in [2.45, 2.75) is 20.3 Å². The summed E-state index contributed by atoms with van der Waals surface area (Å²) in [5, 5.41) is 3.90. The molecule has 0 fully saturated rings. The standard InChI is InChI=1S/C16H16Cl2N2O3S/c1-3-10-8(2)24-16(14(10)15(19)22)20-13(21)7-23-12-5-4-9(17)6-11(12)18/h4-6H,3,7H2,1-2H3,(H2,19,22)(H,20,21). The molecule has 2 aromatic rings. The van der Waals surface area contributed by atoms with E-state index < -0.39 is 11.8 Å². The van der Waals surface area contributed by atoms with Crippen LogP contribution in [0, 0.1) is 6.92 Å². The molecule has 0 saturated carbocycles. The number of benzene rings is 1. The Labute approximate surface area is 153 Å². The van der Waals surface area contributed by atoms with Gasteiger partial charge in [-0.05, 0) is 37.1 Å². The fraction of sp³-hybridized carbons (Fsp3) is 0.250. The first-order valence-electron chi connectivity index (χ1n) is 7.13. The maximum Gasteiger partial charge on any atom is 0.262 e. The van der Waals surface area contributed by atoms with E-state index >= 15 is 0 Å². The zero-order valence-electron chi connectivity index (χ0n) is 13.1. The molecule has 8 heteroatoms. The molecule has 1 aromatic heterocycles. The third-order valence-electron chi connectivity index (χ3n) is 3.31. The van der Waals surface area contributed by atoms with E-state index in [1.165, 1.54) is 17.4 Å². The number of hydrogen-bond acceptors (Lipinski definition) is 4. The monoisotopic (exact) mass is 386 g/mol. The molecule has 0 aliphatic carbocycles. The van der Waals surface area contributed by atoms with E-state index in [1.807, 2.05) is 13.8 Å². The molecule has 0 aliphatic rings. The molecule has 0 atom stereocenters.